The van der Waals surface area contributed by atoms with Gasteiger partial charge < -0.3 is 25.0 Å². The molecule has 0 spiro atoms. The monoisotopic (exact) mass is 783 g/mol. The van der Waals surface area contributed by atoms with Crippen LogP contribution < -0.4 is 15.4 Å². The number of carbonyl (C=O) groups excluding carboxylic acids is 5. The lowest BCUT2D eigenvalue weighted by molar-refractivity contribution is -0.141. The minimum absolute atomic E-state index is 0.00883. The van der Waals surface area contributed by atoms with Crippen LogP contribution in [0.2, 0.25) is 0 Å². The van der Waals surface area contributed by atoms with Crippen molar-refractivity contribution in [3.63, 3.8) is 0 Å². The Morgan fingerprint density at radius 3 is 2.36 bits per heavy atom. The van der Waals surface area contributed by atoms with Gasteiger partial charge in [-0.2, -0.15) is 0 Å². The smallest absolute Gasteiger partial charge is 0.410 e. The van der Waals surface area contributed by atoms with Crippen molar-refractivity contribution in [1.29, 1.82) is 0 Å². The van der Waals surface area contributed by atoms with Crippen molar-refractivity contribution in [2.75, 3.05) is 6.54 Å². The Kier molecular flexibility index (Phi) is 11.5. The van der Waals surface area contributed by atoms with Gasteiger partial charge in [-0.05, 0) is 69.2 Å². The summed E-state index contributed by atoms with van der Waals surface area (Å²) >= 11 is 0. The van der Waals surface area contributed by atoms with Gasteiger partial charge >= 0.3 is 12.2 Å². The van der Waals surface area contributed by atoms with Gasteiger partial charge in [-0.1, -0.05) is 69.4 Å². The highest BCUT2D eigenvalue weighted by atomic mass is 32.2. The van der Waals surface area contributed by atoms with E-state index in [4.69, 9.17) is 9.47 Å². The van der Waals surface area contributed by atoms with E-state index in [1.807, 2.05) is 6.92 Å². The molecule has 4 aliphatic rings. The first-order valence-electron chi connectivity index (χ1n) is 18.9. The van der Waals surface area contributed by atoms with Crippen LogP contribution in [-0.2, 0) is 47.0 Å². The lowest BCUT2D eigenvalue weighted by Crippen LogP contribution is -2.58. The van der Waals surface area contributed by atoms with Crippen LogP contribution >= 0.6 is 0 Å². The number of benzene rings is 2. The molecule has 5 amide bonds. The molecule has 6 atom stereocenters. The van der Waals surface area contributed by atoms with Crippen molar-refractivity contribution in [3.8, 4) is 0 Å². The molecule has 16 heteroatoms. The number of ether oxygens (including phenoxy) is 2. The molecule has 1 saturated carbocycles. The Balaban J connectivity index is 1.27. The van der Waals surface area contributed by atoms with E-state index in [9.17, 15) is 36.8 Å². The van der Waals surface area contributed by atoms with Crippen LogP contribution in [0.25, 0.3) is 0 Å². The Morgan fingerprint density at radius 1 is 0.964 bits per heavy atom. The summed E-state index contributed by atoms with van der Waals surface area (Å²) in [4.78, 5) is 71.7. The van der Waals surface area contributed by atoms with Crippen molar-refractivity contribution >= 4 is 39.9 Å². The number of alkyl carbamates (subject to hydrolysis) is 1. The second-order valence-electron chi connectivity index (χ2n) is 16.2. The van der Waals surface area contributed by atoms with Gasteiger partial charge in [-0.3, -0.25) is 19.3 Å². The lowest BCUT2D eigenvalue weighted by atomic mass is 9.94. The Hall–Kier alpha value is -4.73. The van der Waals surface area contributed by atoms with Crippen LogP contribution in [0.3, 0.4) is 0 Å². The Morgan fingerprint density at radius 2 is 1.67 bits per heavy atom. The van der Waals surface area contributed by atoms with Gasteiger partial charge in [0.15, 0.2) is 0 Å². The number of halogens is 1. The van der Waals surface area contributed by atoms with Crippen molar-refractivity contribution in [2.24, 2.45) is 11.8 Å². The molecule has 6 rings (SSSR count). The summed E-state index contributed by atoms with van der Waals surface area (Å²) in [5.41, 5.74) is -1.40. The van der Waals surface area contributed by atoms with Crippen molar-refractivity contribution in [1.82, 2.24) is 25.2 Å². The lowest BCUT2D eigenvalue weighted by Gasteiger charge is -2.30. The van der Waals surface area contributed by atoms with Crippen molar-refractivity contribution in [3.05, 3.63) is 65.5 Å². The molecular weight excluding hydrogens is 734 g/mol. The summed E-state index contributed by atoms with van der Waals surface area (Å²) in [6.45, 7) is 6.97. The molecule has 2 aromatic carbocycles. The zero-order valence-electron chi connectivity index (χ0n) is 31.6. The summed E-state index contributed by atoms with van der Waals surface area (Å²) in [5, 5.41) is 5.54. The van der Waals surface area contributed by atoms with Gasteiger partial charge in [0.1, 0.15) is 35.1 Å². The molecule has 1 unspecified atom stereocenters. The van der Waals surface area contributed by atoms with Gasteiger partial charge in [0, 0.05) is 18.5 Å². The van der Waals surface area contributed by atoms with Crippen molar-refractivity contribution < 1.29 is 46.3 Å². The fourth-order valence-electron chi connectivity index (χ4n) is 7.99. The third-order valence-electron chi connectivity index (χ3n) is 10.9. The van der Waals surface area contributed by atoms with E-state index in [2.05, 4.69) is 15.4 Å². The molecule has 14 nitrogen and oxygen atoms in total. The predicted molar refractivity (Wildman–Crippen MR) is 197 cm³/mol. The number of hydrogen-bond donors (Lipinski definition) is 3. The second kappa shape index (κ2) is 15.8. The largest absolute Gasteiger partial charge is 0.444 e. The second-order valence-corrected chi connectivity index (χ2v) is 17.9. The molecule has 3 aliphatic heterocycles. The molecule has 3 heterocycles. The molecule has 1 aliphatic carbocycles. The average molecular weight is 784 g/mol. The maximum absolute atomic E-state index is 14.5. The van der Waals surface area contributed by atoms with Crippen LogP contribution in [0.4, 0.5) is 14.0 Å². The van der Waals surface area contributed by atoms with Gasteiger partial charge in [0.05, 0.1) is 18.0 Å². The van der Waals surface area contributed by atoms with Crippen LogP contribution in [0.15, 0.2) is 53.4 Å². The summed E-state index contributed by atoms with van der Waals surface area (Å²) in [6.07, 6.45) is 1.44. The summed E-state index contributed by atoms with van der Waals surface area (Å²) < 4.78 is 54.5. The maximum atomic E-state index is 14.5. The third kappa shape index (κ3) is 9.05. The van der Waals surface area contributed by atoms with Crippen LogP contribution in [0.5, 0.6) is 0 Å². The number of nitrogens with zero attached hydrogens (tertiary/aromatic N) is 2. The molecule has 2 aromatic rings. The van der Waals surface area contributed by atoms with E-state index in [-0.39, 0.29) is 55.6 Å². The topological polar surface area (TPSA) is 181 Å². The molecule has 2 saturated heterocycles. The number of carbonyl (C=O) groups is 5. The molecule has 55 heavy (non-hydrogen) atoms. The Labute approximate surface area is 320 Å². The number of fused-ring (bicyclic) bond motifs is 3. The number of nitrogens with one attached hydrogen (secondary N) is 3. The predicted octanol–water partition coefficient (Wildman–Crippen LogP) is 4.51. The average Bonchev–Trinajstić information content (AvgIpc) is 3.44. The number of rotatable bonds is 5. The highest BCUT2D eigenvalue weighted by Crippen LogP contribution is 2.50. The van der Waals surface area contributed by atoms with Crippen LogP contribution in [0, 0.1) is 17.7 Å². The minimum Gasteiger partial charge on any atom is -0.444 e. The third-order valence-corrected chi connectivity index (χ3v) is 12.3. The zero-order valence-corrected chi connectivity index (χ0v) is 32.5. The molecular formula is C39H50FN5O9S. The van der Waals surface area contributed by atoms with Crippen LogP contribution in [-0.4, -0.2) is 84.0 Å². The first kappa shape index (κ1) is 39.9. The number of hydrogen-bond acceptors (Lipinski definition) is 9. The normalized spacial score (nSPS) is 27.3. The highest BCUT2D eigenvalue weighted by Gasteiger charge is 2.64. The Bertz CT molecular complexity index is 1920. The van der Waals surface area contributed by atoms with Crippen LogP contribution in [0.1, 0.15) is 90.2 Å². The molecule has 298 valence electrons. The summed E-state index contributed by atoms with van der Waals surface area (Å²) in [6, 6.07) is 9.70. The fourth-order valence-corrected chi connectivity index (χ4v) is 9.05. The SMILES string of the molecule is CC1CCCCCC[C@H](NC(=O)OC(C)(C)C)C(=O)N2C[C@H](OC(=O)N3Cc4cccc(F)c4C3)C[C@H]2C(=O)N[C@]2(C(=O)NS(=O)(=O)c3ccccc3)C[C@@H]12. The quantitative estimate of drug-likeness (QED) is 0.393. The molecule has 3 N–H and O–H groups in total. The van der Waals surface area contributed by atoms with E-state index >= 15 is 0 Å². The van der Waals surface area contributed by atoms with E-state index in [0.717, 1.165) is 25.7 Å². The standard InChI is InChI=1S/C39H50FN5O9S/c1-24-13-8-5-6-11-18-31(41-36(49)54-38(2,3)4)34(47)45-22-26(53-37(50)44-21-25-14-12-17-30(40)28(25)23-44)19-32(45)33(46)42-39(20-29(24)39)35(48)43-55(51,52)27-15-9-7-10-16-27/h7,9-10,12,14-17,24,26,29,31-32H,5-6,8,11,13,18-23H2,1-4H3,(H,41,49)(H,42,46)(H,43,48)/t24?,26-,29+,31+,32+,39-/m1/s1. The van der Waals surface area contributed by atoms with E-state index in [0.29, 0.717) is 17.5 Å². The zero-order chi connectivity index (χ0) is 39.7. The van der Waals surface area contributed by atoms with Gasteiger partial charge in [-0.25, -0.2) is 27.1 Å². The number of amides is 5. The van der Waals surface area contributed by atoms with Gasteiger partial charge in [0.25, 0.3) is 15.9 Å². The molecule has 0 radical (unpaired) electrons. The first-order valence-corrected chi connectivity index (χ1v) is 20.4. The van der Waals surface area contributed by atoms with E-state index in [1.165, 1.54) is 40.1 Å². The molecule has 0 bridgehead atoms. The molecule has 3 fully saturated rings. The fraction of sp³-hybridized carbons (Fsp3) is 0.564. The summed E-state index contributed by atoms with van der Waals surface area (Å²) in [5.74, 6) is -3.08. The maximum Gasteiger partial charge on any atom is 0.410 e. The summed E-state index contributed by atoms with van der Waals surface area (Å²) in [7, 11) is -4.29. The van der Waals surface area contributed by atoms with Gasteiger partial charge in [0.2, 0.25) is 11.8 Å². The molecule has 0 aromatic heterocycles. The van der Waals surface area contributed by atoms with E-state index < -0.39 is 75.1 Å². The van der Waals surface area contributed by atoms with Crippen molar-refractivity contribution in [2.45, 2.75) is 126 Å². The van der Waals surface area contributed by atoms with E-state index in [1.54, 1.807) is 39.0 Å². The highest BCUT2D eigenvalue weighted by molar-refractivity contribution is 7.90. The first-order chi connectivity index (χ1) is 26.0. The minimum atomic E-state index is -4.29. The van der Waals surface area contributed by atoms with Gasteiger partial charge in [-0.15, -0.1) is 0 Å². The number of sulfonamides is 1.